The molecule has 0 fully saturated rings. The van der Waals surface area contributed by atoms with Gasteiger partial charge in [0.1, 0.15) is 0 Å². The largest absolute Gasteiger partial charge is 1.00 e. The van der Waals surface area contributed by atoms with Crippen molar-refractivity contribution in [2.45, 2.75) is 0 Å². The average molecular weight is 270 g/mol. The molecule has 0 aliphatic heterocycles. The van der Waals surface area contributed by atoms with E-state index in [1.54, 1.807) is 0 Å². The van der Waals surface area contributed by atoms with Crippen molar-refractivity contribution in [1.82, 2.24) is 0 Å². The quantitative estimate of drug-likeness (QED) is 0.284. The van der Waals surface area contributed by atoms with Crippen LogP contribution in [0.4, 0.5) is 0 Å². The zero-order valence-electron chi connectivity index (χ0n) is 7.70. The third-order valence-electron chi connectivity index (χ3n) is 0. The Morgan fingerprint density at radius 2 is 0.571 bits per heavy atom. The minimum atomic E-state index is -4.64. The van der Waals surface area contributed by atoms with Crippen LogP contribution in [0.3, 0.4) is 0 Å². The van der Waals surface area contributed by atoms with Crippen LogP contribution in [-0.4, -0.2) is 53.0 Å². The van der Waals surface area contributed by atoms with Crippen molar-refractivity contribution in [3.8, 4) is 0 Å². The Morgan fingerprint density at radius 3 is 0.571 bits per heavy atom. The summed E-state index contributed by atoms with van der Waals surface area (Å²) >= 11 is 0. The van der Waals surface area contributed by atoms with E-state index in [4.69, 9.17) is 19.2 Å². The van der Waals surface area contributed by atoms with Crippen molar-refractivity contribution in [2.24, 2.45) is 0 Å². The SMILES string of the molecule is O.O.O.O.O.O.O.O=P(O)(O)O.[Na+].[Na+]. The molecule has 0 atom stereocenters. The normalized spacial score (nSPS) is 4.21. The number of hydrogen-bond donors (Lipinski definition) is 3. The Morgan fingerprint density at radius 1 is 0.571 bits per heavy atom. The molecule has 0 radical (unpaired) electrons. The first-order valence-corrected chi connectivity index (χ1v) is 2.35. The molecule has 14 heavy (non-hydrogen) atoms. The van der Waals surface area contributed by atoms with Crippen LogP contribution in [0.5, 0.6) is 0 Å². The molecule has 0 saturated heterocycles. The minimum absolute atomic E-state index is 0. The van der Waals surface area contributed by atoms with E-state index in [0.29, 0.717) is 0 Å². The second-order valence-corrected chi connectivity index (χ2v) is 1.54. The van der Waals surface area contributed by atoms with Crippen LogP contribution < -0.4 is 59.1 Å². The van der Waals surface area contributed by atoms with Gasteiger partial charge in [-0.05, 0) is 0 Å². The standard InChI is InChI=1S/2Na.H3O4P.7H2O/c;;1-5(2,3)4;;;;;;;/h;;(H3,1,2,3,4);7*1H2/q2*+1;;;;;;;;. The molecular weight excluding hydrogens is 253 g/mol. The van der Waals surface area contributed by atoms with E-state index < -0.39 is 7.82 Å². The van der Waals surface area contributed by atoms with E-state index in [9.17, 15) is 0 Å². The second kappa shape index (κ2) is 46.3. The van der Waals surface area contributed by atoms with Gasteiger partial charge < -0.3 is 53.0 Å². The van der Waals surface area contributed by atoms with E-state index in [1.165, 1.54) is 0 Å². The fourth-order valence-electron chi connectivity index (χ4n) is 0. The zero-order chi connectivity index (χ0) is 4.50. The van der Waals surface area contributed by atoms with Crippen molar-refractivity contribution in [3.05, 3.63) is 0 Å². The van der Waals surface area contributed by atoms with Crippen molar-refractivity contribution >= 4 is 7.82 Å². The summed E-state index contributed by atoms with van der Waals surface area (Å²) in [5.74, 6) is 0. The van der Waals surface area contributed by atoms with Crippen LogP contribution in [-0.2, 0) is 4.57 Å². The Hall–Kier alpha value is 1.83. The molecule has 0 aromatic heterocycles. The van der Waals surface area contributed by atoms with Crippen LogP contribution >= 0.6 is 7.82 Å². The van der Waals surface area contributed by atoms with Gasteiger partial charge in [0.25, 0.3) is 0 Å². The number of hydrogen-bond acceptors (Lipinski definition) is 1. The summed E-state index contributed by atoms with van der Waals surface area (Å²) in [6.07, 6.45) is 0. The first-order chi connectivity index (χ1) is 2.00. The van der Waals surface area contributed by atoms with Crippen molar-refractivity contribution in [2.75, 3.05) is 0 Å². The molecule has 88 valence electrons. The van der Waals surface area contributed by atoms with Crippen LogP contribution in [0.25, 0.3) is 0 Å². The summed E-state index contributed by atoms with van der Waals surface area (Å²) in [7, 11) is -4.64. The zero-order valence-corrected chi connectivity index (χ0v) is 12.6. The molecule has 17 N–H and O–H groups in total. The number of phosphoric acid groups is 1. The third kappa shape index (κ3) is 680. The molecule has 0 bridgehead atoms. The molecule has 0 amide bonds. The monoisotopic (exact) mass is 270 g/mol. The second-order valence-electron chi connectivity index (χ2n) is 0.513. The fraction of sp³-hybridized carbons (Fsp3) is 0. The smallest absolute Gasteiger partial charge is 0.412 e. The van der Waals surface area contributed by atoms with Gasteiger partial charge >= 0.3 is 66.9 Å². The summed E-state index contributed by atoms with van der Waals surface area (Å²) in [5.41, 5.74) is 0. The van der Waals surface area contributed by atoms with Gasteiger partial charge in [0.05, 0.1) is 0 Å². The van der Waals surface area contributed by atoms with Gasteiger partial charge in [-0.1, -0.05) is 0 Å². The molecule has 0 aliphatic carbocycles. The molecule has 0 saturated carbocycles. The molecule has 11 nitrogen and oxygen atoms in total. The summed E-state index contributed by atoms with van der Waals surface area (Å²) < 4.78 is 8.88. The molecular formula is H17Na2O11P+2. The third-order valence-corrected chi connectivity index (χ3v) is 0. The summed E-state index contributed by atoms with van der Waals surface area (Å²) in [6.45, 7) is 0. The molecule has 0 unspecified atom stereocenters. The molecule has 0 spiro atoms. The van der Waals surface area contributed by atoms with Crippen LogP contribution in [0.2, 0.25) is 0 Å². The van der Waals surface area contributed by atoms with Crippen LogP contribution in [0, 0.1) is 0 Å². The van der Waals surface area contributed by atoms with Gasteiger partial charge in [-0.2, -0.15) is 0 Å². The molecule has 0 aromatic rings. The van der Waals surface area contributed by atoms with Gasteiger partial charge in [-0.25, -0.2) is 4.57 Å². The van der Waals surface area contributed by atoms with Crippen molar-refractivity contribution in [1.29, 1.82) is 0 Å². The van der Waals surface area contributed by atoms with Gasteiger partial charge in [0.15, 0.2) is 0 Å². The van der Waals surface area contributed by atoms with E-state index in [0.717, 1.165) is 0 Å². The van der Waals surface area contributed by atoms with Crippen LogP contribution in [0.15, 0.2) is 0 Å². The van der Waals surface area contributed by atoms with Gasteiger partial charge in [0.2, 0.25) is 0 Å². The van der Waals surface area contributed by atoms with E-state index in [1.807, 2.05) is 0 Å². The minimum Gasteiger partial charge on any atom is -0.412 e. The molecule has 0 aliphatic rings. The van der Waals surface area contributed by atoms with Gasteiger partial charge in [-0.15, -0.1) is 0 Å². The van der Waals surface area contributed by atoms with E-state index in [-0.39, 0.29) is 97.4 Å². The predicted octanol–water partition coefficient (Wildman–Crippen LogP) is -12.7. The van der Waals surface area contributed by atoms with Crippen molar-refractivity contribution < 1.29 is 117 Å². The van der Waals surface area contributed by atoms with E-state index in [2.05, 4.69) is 0 Å². The van der Waals surface area contributed by atoms with Crippen LogP contribution in [0.1, 0.15) is 0 Å². The Labute approximate surface area is 123 Å². The maximum absolute atomic E-state index is 8.88. The molecule has 14 heteroatoms. The Balaban J connectivity index is -0.00000000222. The van der Waals surface area contributed by atoms with E-state index >= 15 is 0 Å². The number of rotatable bonds is 0. The van der Waals surface area contributed by atoms with Crippen molar-refractivity contribution in [3.63, 3.8) is 0 Å². The maximum Gasteiger partial charge on any atom is 1.00 e. The molecule has 0 rings (SSSR count). The summed E-state index contributed by atoms with van der Waals surface area (Å²) in [6, 6.07) is 0. The van der Waals surface area contributed by atoms with Gasteiger partial charge in [0, 0.05) is 0 Å². The average Bonchev–Trinajstić information content (AvgIpc) is 0.722. The van der Waals surface area contributed by atoms with Gasteiger partial charge in [-0.3, -0.25) is 0 Å². The molecule has 0 aromatic carbocycles. The summed E-state index contributed by atoms with van der Waals surface area (Å²) in [5, 5.41) is 0. The first-order valence-electron chi connectivity index (χ1n) is 0.783. The Bertz CT molecular complexity index is 59.4. The topological polar surface area (TPSA) is 298 Å². The summed E-state index contributed by atoms with van der Waals surface area (Å²) in [4.78, 5) is 21.6. The molecule has 0 heterocycles. The maximum atomic E-state index is 8.88. The predicted molar refractivity (Wildman–Crippen MR) is 39.6 cm³/mol. The Kier molecular flexibility index (Phi) is 339. The first kappa shape index (κ1) is 102. The fourth-order valence-corrected chi connectivity index (χ4v) is 0.